The van der Waals surface area contributed by atoms with Crippen molar-refractivity contribution in [1.82, 2.24) is 9.88 Å². The lowest BCUT2D eigenvalue weighted by Crippen LogP contribution is -2.43. The van der Waals surface area contributed by atoms with Crippen LogP contribution in [0.15, 0.2) is 36.4 Å². The molecule has 0 aliphatic carbocycles. The number of carbonyl (C=O) groups is 1. The molecule has 2 heterocycles. The summed E-state index contributed by atoms with van der Waals surface area (Å²) in [5.74, 6) is 0.731. The first-order chi connectivity index (χ1) is 15.1. The van der Waals surface area contributed by atoms with Gasteiger partial charge in [0.2, 0.25) is 0 Å². The van der Waals surface area contributed by atoms with Crippen LogP contribution in [0.1, 0.15) is 28.4 Å². The molecule has 2 aromatic carbocycles. The number of aromatic nitrogens is 1. The Bertz CT molecular complexity index is 1040. The third-order valence-electron chi connectivity index (χ3n) is 5.71. The Kier molecular flexibility index (Phi) is 6.85. The molecule has 0 N–H and O–H groups in total. The van der Waals surface area contributed by atoms with E-state index >= 15 is 0 Å². The quantitative estimate of drug-likeness (QED) is 0.550. The second-order valence-corrected chi connectivity index (χ2v) is 8.73. The largest absolute Gasteiger partial charge is 0.494 e. The van der Waals surface area contributed by atoms with Crippen molar-refractivity contribution in [2.24, 2.45) is 0 Å². The highest BCUT2D eigenvalue weighted by molar-refractivity contribution is 7.22. The van der Waals surface area contributed by atoms with Gasteiger partial charge in [-0.25, -0.2) is 4.98 Å². The van der Waals surface area contributed by atoms with E-state index in [-0.39, 0.29) is 5.91 Å². The molecule has 1 amide bonds. The first kappa shape index (κ1) is 21.7. The van der Waals surface area contributed by atoms with Crippen LogP contribution in [0.3, 0.4) is 0 Å². The van der Waals surface area contributed by atoms with Crippen LogP contribution >= 0.6 is 11.3 Å². The molecule has 6 nitrogen and oxygen atoms in total. The lowest BCUT2D eigenvalue weighted by Gasteiger charge is -2.29. The minimum absolute atomic E-state index is 0.0373. The lowest BCUT2D eigenvalue weighted by molar-refractivity contribution is 0.0391. The molecule has 1 saturated heterocycles. The molecule has 0 radical (unpaired) electrons. The molecule has 164 valence electrons. The average molecular weight is 440 g/mol. The molecule has 0 unspecified atom stereocenters. The van der Waals surface area contributed by atoms with E-state index in [0.29, 0.717) is 18.7 Å². The molecule has 1 aliphatic rings. The smallest absolute Gasteiger partial charge is 0.260 e. The van der Waals surface area contributed by atoms with E-state index < -0.39 is 0 Å². The van der Waals surface area contributed by atoms with Gasteiger partial charge in [-0.3, -0.25) is 14.6 Å². The van der Waals surface area contributed by atoms with Gasteiger partial charge in [-0.05, 0) is 62.2 Å². The first-order valence-electron chi connectivity index (χ1n) is 10.8. The number of nitrogens with zero attached hydrogens (tertiary/aromatic N) is 3. The van der Waals surface area contributed by atoms with E-state index in [2.05, 4.69) is 30.9 Å². The number of fused-ring (bicyclic) bond motifs is 1. The third-order valence-corrected chi connectivity index (χ3v) is 6.75. The number of thiazole rings is 1. The summed E-state index contributed by atoms with van der Waals surface area (Å²) in [4.78, 5) is 22.6. The Balaban J connectivity index is 1.63. The summed E-state index contributed by atoms with van der Waals surface area (Å²) in [6, 6.07) is 11.6. The van der Waals surface area contributed by atoms with Crippen molar-refractivity contribution in [3.05, 3.63) is 53.1 Å². The van der Waals surface area contributed by atoms with Gasteiger partial charge in [-0.1, -0.05) is 17.4 Å². The Labute approximate surface area is 187 Å². The molecular formula is C24H29N3O3S. The molecule has 3 aromatic rings. The second kappa shape index (κ2) is 9.77. The number of hydrogen-bond donors (Lipinski definition) is 0. The molecule has 4 rings (SSSR count). The van der Waals surface area contributed by atoms with Gasteiger partial charge >= 0.3 is 0 Å². The number of aryl methyl sites for hydroxylation is 2. The maximum absolute atomic E-state index is 13.5. The number of benzene rings is 2. The number of hydrogen-bond acceptors (Lipinski definition) is 6. The van der Waals surface area contributed by atoms with Gasteiger partial charge in [0, 0.05) is 31.7 Å². The fraction of sp³-hybridized carbons (Fsp3) is 0.417. The van der Waals surface area contributed by atoms with Gasteiger partial charge in [0.15, 0.2) is 5.13 Å². The summed E-state index contributed by atoms with van der Waals surface area (Å²) in [6.45, 7) is 11.4. The fourth-order valence-electron chi connectivity index (χ4n) is 3.70. The fourth-order valence-corrected chi connectivity index (χ4v) is 4.75. The normalized spacial score (nSPS) is 14.7. The van der Waals surface area contributed by atoms with Gasteiger partial charge < -0.3 is 9.47 Å². The maximum atomic E-state index is 13.5. The Morgan fingerprint density at radius 3 is 2.61 bits per heavy atom. The predicted molar refractivity (Wildman–Crippen MR) is 126 cm³/mol. The van der Waals surface area contributed by atoms with Crippen molar-refractivity contribution in [2.75, 3.05) is 50.9 Å². The molecule has 0 spiro atoms. The van der Waals surface area contributed by atoms with Crippen LogP contribution in [0.5, 0.6) is 5.75 Å². The van der Waals surface area contributed by atoms with Gasteiger partial charge in [0.25, 0.3) is 5.91 Å². The summed E-state index contributed by atoms with van der Waals surface area (Å²) in [7, 11) is 0. The molecule has 31 heavy (non-hydrogen) atoms. The zero-order chi connectivity index (χ0) is 21.8. The molecular weight excluding hydrogens is 410 g/mol. The second-order valence-electron chi connectivity index (χ2n) is 7.72. The first-order valence-corrected chi connectivity index (χ1v) is 11.6. The summed E-state index contributed by atoms with van der Waals surface area (Å²) >= 11 is 1.58. The highest BCUT2D eigenvalue weighted by Crippen LogP contribution is 2.32. The van der Waals surface area contributed by atoms with Crippen LogP contribution in [0.25, 0.3) is 10.2 Å². The highest BCUT2D eigenvalue weighted by Gasteiger charge is 2.23. The Morgan fingerprint density at radius 2 is 1.90 bits per heavy atom. The molecule has 0 bridgehead atoms. The molecule has 0 atom stereocenters. The van der Waals surface area contributed by atoms with Crippen molar-refractivity contribution in [3.8, 4) is 5.75 Å². The highest BCUT2D eigenvalue weighted by atomic mass is 32.1. The van der Waals surface area contributed by atoms with Crippen molar-refractivity contribution < 1.29 is 14.3 Å². The van der Waals surface area contributed by atoms with Gasteiger partial charge in [-0.15, -0.1) is 0 Å². The van der Waals surface area contributed by atoms with Crippen molar-refractivity contribution >= 4 is 32.6 Å². The SMILES string of the molecule is CCOc1ccc(C(=O)N(CCN2CCOCC2)c2nc3c(C)c(C)ccc3s2)cc1. The van der Waals surface area contributed by atoms with Crippen LogP contribution in [0.4, 0.5) is 5.13 Å². The molecule has 7 heteroatoms. The number of ether oxygens (including phenoxy) is 2. The minimum Gasteiger partial charge on any atom is -0.494 e. The lowest BCUT2D eigenvalue weighted by atomic mass is 10.1. The zero-order valence-electron chi connectivity index (χ0n) is 18.4. The van der Waals surface area contributed by atoms with E-state index in [4.69, 9.17) is 14.5 Å². The molecule has 0 saturated carbocycles. The third kappa shape index (κ3) is 4.89. The molecule has 1 fully saturated rings. The van der Waals surface area contributed by atoms with E-state index in [1.807, 2.05) is 36.1 Å². The zero-order valence-corrected chi connectivity index (χ0v) is 19.2. The van der Waals surface area contributed by atoms with Crippen LogP contribution in [0.2, 0.25) is 0 Å². The van der Waals surface area contributed by atoms with E-state index in [1.165, 1.54) is 11.1 Å². The Morgan fingerprint density at radius 1 is 1.16 bits per heavy atom. The summed E-state index contributed by atoms with van der Waals surface area (Å²) < 4.78 is 12.1. The van der Waals surface area contributed by atoms with E-state index in [0.717, 1.165) is 53.9 Å². The van der Waals surface area contributed by atoms with Crippen LogP contribution < -0.4 is 9.64 Å². The van der Waals surface area contributed by atoms with Crippen molar-refractivity contribution in [2.45, 2.75) is 20.8 Å². The molecule has 1 aliphatic heterocycles. The topological polar surface area (TPSA) is 54.9 Å². The molecule has 1 aromatic heterocycles. The maximum Gasteiger partial charge on any atom is 0.260 e. The minimum atomic E-state index is -0.0373. The van der Waals surface area contributed by atoms with Gasteiger partial charge in [-0.2, -0.15) is 0 Å². The van der Waals surface area contributed by atoms with Crippen molar-refractivity contribution in [1.29, 1.82) is 0 Å². The predicted octanol–water partition coefficient (Wildman–Crippen LogP) is 4.29. The van der Waals surface area contributed by atoms with Crippen LogP contribution in [-0.4, -0.2) is 61.8 Å². The number of carbonyl (C=O) groups excluding carboxylic acids is 1. The number of morpholine rings is 1. The summed E-state index contributed by atoms with van der Waals surface area (Å²) in [5.41, 5.74) is 4.00. The van der Waals surface area contributed by atoms with E-state index in [9.17, 15) is 4.79 Å². The number of rotatable bonds is 7. The van der Waals surface area contributed by atoms with Gasteiger partial charge in [0.05, 0.1) is 30.0 Å². The number of amides is 1. The average Bonchev–Trinajstić information content (AvgIpc) is 3.22. The summed E-state index contributed by atoms with van der Waals surface area (Å²) in [6.07, 6.45) is 0. The van der Waals surface area contributed by atoms with Crippen LogP contribution in [-0.2, 0) is 4.74 Å². The van der Waals surface area contributed by atoms with E-state index in [1.54, 1.807) is 11.3 Å². The number of anilines is 1. The standard InChI is InChI=1S/C24H29N3O3S/c1-4-30-20-8-6-19(7-9-20)23(28)27(12-11-26-13-15-29-16-14-26)24-25-22-18(3)17(2)5-10-21(22)31-24/h5-10H,4,11-16H2,1-3H3. The Hall–Kier alpha value is -2.48. The van der Waals surface area contributed by atoms with Crippen molar-refractivity contribution in [3.63, 3.8) is 0 Å². The monoisotopic (exact) mass is 439 g/mol. The summed E-state index contributed by atoms with van der Waals surface area (Å²) in [5, 5.41) is 0.746. The van der Waals surface area contributed by atoms with Crippen LogP contribution in [0, 0.1) is 13.8 Å². The van der Waals surface area contributed by atoms with Gasteiger partial charge in [0.1, 0.15) is 5.75 Å².